The molecule has 0 heterocycles. The van der Waals surface area contributed by atoms with Crippen LogP contribution >= 0.6 is 0 Å². The second kappa shape index (κ2) is 2.81. The van der Waals surface area contributed by atoms with E-state index in [0.717, 1.165) is 0 Å². The maximum absolute atomic E-state index is 3.63. The van der Waals surface area contributed by atoms with Crippen LogP contribution in [0.15, 0.2) is 30.3 Å². The molecule has 1 rings (SSSR count). The third-order valence-corrected chi connectivity index (χ3v) is 1.29. The molecule has 8 heavy (non-hydrogen) atoms. The molecule has 1 heteroatoms. The molecule has 0 nitrogen and oxygen atoms in total. The summed E-state index contributed by atoms with van der Waals surface area (Å²) in [5, 5.41) is 0. The summed E-state index contributed by atoms with van der Waals surface area (Å²) in [7, 11) is 0. The minimum absolute atomic E-state index is 1.17. The first-order valence-corrected chi connectivity index (χ1v) is 3.04. The van der Waals surface area contributed by atoms with Gasteiger partial charge in [0, 0.05) is 0 Å². The third kappa shape index (κ3) is 1.29. The summed E-state index contributed by atoms with van der Waals surface area (Å²) in [4.78, 5) is 1.83. The van der Waals surface area contributed by atoms with E-state index in [9.17, 15) is 0 Å². The van der Waals surface area contributed by atoms with Crippen molar-refractivity contribution in [1.29, 1.82) is 0 Å². The summed E-state index contributed by atoms with van der Waals surface area (Å²) in [5.74, 6) is 0. The molecule has 0 aliphatic rings. The van der Waals surface area contributed by atoms with Crippen molar-refractivity contribution in [1.82, 2.24) is 0 Å². The summed E-state index contributed by atoms with van der Waals surface area (Å²) < 4.78 is 0. The van der Waals surface area contributed by atoms with E-state index in [2.05, 4.69) is 15.6 Å². The Morgan fingerprint density at radius 2 is 1.75 bits per heavy atom. The molecule has 0 aliphatic heterocycles. The van der Waals surface area contributed by atoms with Gasteiger partial charge in [0.15, 0.2) is 0 Å². The Hall–Kier alpha value is -0.391. The van der Waals surface area contributed by atoms with Crippen LogP contribution in [0, 0.1) is 0 Å². The van der Waals surface area contributed by atoms with Crippen LogP contribution in [0.4, 0.5) is 0 Å². The van der Waals surface area contributed by atoms with Crippen LogP contribution < -0.4 is 0 Å². The van der Waals surface area contributed by atoms with Crippen LogP contribution in [-0.4, -0.2) is 4.92 Å². The third-order valence-electron chi connectivity index (χ3n) is 0.917. The Morgan fingerprint density at radius 1 is 1.12 bits per heavy atom. The molecule has 0 N–H and O–H groups in total. The Balaban J connectivity index is 2.99. The molecule has 0 radical (unpaired) electrons. The number of rotatable bonds is 1. The first kappa shape index (κ1) is 5.74. The normalized spacial score (nSPS) is 8.62. The molecule has 0 saturated heterocycles. The number of benzene rings is 1. The van der Waals surface area contributed by atoms with Crippen LogP contribution in [0.1, 0.15) is 5.56 Å². The summed E-state index contributed by atoms with van der Waals surface area (Å²) in [6.07, 6.45) is 0. The Kier molecular flexibility index (Phi) is 2.01. The summed E-state index contributed by atoms with van der Waals surface area (Å²) in [6, 6.07) is 10.0. The molecule has 0 amide bonds. The Labute approximate surface area is 56.9 Å². The van der Waals surface area contributed by atoms with Crippen molar-refractivity contribution in [2.45, 2.75) is 0 Å². The molecule has 0 bridgehead atoms. The molecule has 0 atom stereocenters. The molecule has 0 spiro atoms. The molecule has 1 aromatic rings. The van der Waals surface area contributed by atoms with Crippen molar-refractivity contribution in [3.63, 3.8) is 0 Å². The molecule has 0 saturated carbocycles. The van der Waals surface area contributed by atoms with Gasteiger partial charge in [-0.15, -0.1) is 0 Å². The van der Waals surface area contributed by atoms with Crippen molar-refractivity contribution >= 4 is 4.92 Å². The van der Waals surface area contributed by atoms with Crippen molar-refractivity contribution in [3.05, 3.63) is 35.9 Å². The average Bonchev–Trinajstić information content (AvgIpc) is 1.90. The van der Waals surface area contributed by atoms with Gasteiger partial charge in [-0.2, -0.15) is 0 Å². The molecule has 0 fully saturated rings. The van der Waals surface area contributed by atoms with E-state index in [1.807, 2.05) is 35.3 Å². The Morgan fingerprint density at radius 3 is 2.12 bits per heavy atom. The van der Waals surface area contributed by atoms with Crippen LogP contribution in [-0.2, 0) is 15.6 Å². The molecule has 0 aromatic heterocycles. The first-order chi connectivity index (χ1) is 3.93. The van der Waals surface area contributed by atoms with Crippen molar-refractivity contribution in [2.24, 2.45) is 0 Å². The van der Waals surface area contributed by atoms with Gasteiger partial charge in [0.25, 0.3) is 0 Å². The molecule has 42 valence electrons. The van der Waals surface area contributed by atoms with Gasteiger partial charge in [-0.05, 0) is 0 Å². The zero-order valence-corrected chi connectivity index (χ0v) is 5.42. The van der Waals surface area contributed by atoms with Gasteiger partial charge in [0.1, 0.15) is 0 Å². The van der Waals surface area contributed by atoms with Gasteiger partial charge in [0.2, 0.25) is 0 Å². The van der Waals surface area contributed by atoms with E-state index in [-0.39, 0.29) is 0 Å². The van der Waals surface area contributed by atoms with E-state index in [1.165, 1.54) is 5.56 Å². The predicted octanol–water partition coefficient (Wildman–Crippen LogP) is 1.38. The predicted molar refractivity (Wildman–Crippen MR) is 31.6 cm³/mol. The van der Waals surface area contributed by atoms with Crippen molar-refractivity contribution < 1.29 is 15.6 Å². The Bertz CT molecular complexity index is 167. The van der Waals surface area contributed by atoms with E-state index in [0.29, 0.717) is 0 Å². The van der Waals surface area contributed by atoms with Crippen LogP contribution in [0.5, 0.6) is 0 Å². The van der Waals surface area contributed by atoms with Crippen molar-refractivity contribution in [2.75, 3.05) is 0 Å². The second-order valence-corrected chi connectivity index (χ2v) is 1.83. The maximum atomic E-state index is 3.63. The van der Waals surface area contributed by atoms with Crippen LogP contribution in [0.25, 0.3) is 0 Å². The van der Waals surface area contributed by atoms with Gasteiger partial charge < -0.3 is 0 Å². The van der Waals surface area contributed by atoms with E-state index >= 15 is 0 Å². The quantitative estimate of drug-likeness (QED) is 0.525. The molecular weight excluding hydrogens is 140 g/mol. The molecule has 1 aromatic carbocycles. The van der Waals surface area contributed by atoms with Gasteiger partial charge in [-0.25, -0.2) is 0 Å². The average molecular weight is 146 g/mol. The van der Waals surface area contributed by atoms with Gasteiger partial charge in [-0.1, -0.05) is 0 Å². The van der Waals surface area contributed by atoms with E-state index in [1.54, 1.807) is 0 Å². The monoisotopic (exact) mass is 146 g/mol. The SMILES string of the molecule is [Fe]=[CH]c1ccccc1. The fourth-order valence-electron chi connectivity index (χ4n) is 0.521. The fraction of sp³-hybridized carbons (Fsp3) is 0. The zero-order chi connectivity index (χ0) is 5.82. The van der Waals surface area contributed by atoms with Gasteiger partial charge >= 0.3 is 56.4 Å². The van der Waals surface area contributed by atoms with Crippen LogP contribution in [0.3, 0.4) is 0 Å². The number of hydrogen-bond donors (Lipinski definition) is 0. The first-order valence-electron chi connectivity index (χ1n) is 2.40. The van der Waals surface area contributed by atoms with Gasteiger partial charge in [0.05, 0.1) is 0 Å². The topological polar surface area (TPSA) is 0 Å². The minimum atomic E-state index is 1.17. The number of hydrogen-bond acceptors (Lipinski definition) is 0. The standard InChI is InChI=1S/C7H6.Fe/c1-7-5-3-2-4-6-7;/h1-6H;. The van der Waals surface area contributed by atoms with E-state index < -0.39 is 0 Å². The summed E-state index contributed by atoms with van der Waals surface area (Å²) in [5.41, 5.74) is 1.17. The molecule has 0 aliphatic carbocycles. The fourth-order valence-corrected chi connectivity index (χ4v) is 0.734. The second-order valence-electron chi connectivity index (χ2n) is 1.51. The summed E-state index contributed by atoms with van der Waals surface area (Å²) in [6.45, 7) is 0. The molecular formula is C7H6Fe. The summed E-state index contributed by atoms with van der Waals surface area (Å²) >= 11 is 3.63. The van der Waals surface area contributed by atoms with Crippen molar-refractivity contribution in [3.8, 4) is 0 Å². The van der Waals surface area contributed by atoms with Crippen LogP contribution in [0.2, 0.25) is 0 Å². The van der Waals surface area contributed by atoms with E-state index in [4.69, 9.17) is 0 Å². The van der Waals surface area contributed by atoms with Gasteiger partial charge in [-0.3, -0.25) is 0 Å². The zero-order valence-electron chi connectivity index (χ0n) is 4.32. The molecule has 0 unspecified atom stereocenters.